The number of nitrogens with zero attached hydrogens (tertiary/aromatic N) is 2. The summed E-state index contributed by atoms with van der Waals surface area (Å²) in [6.07, 6.45) is 0.251. The summed E-state index contributed by atoms with van der Waals surface area (Å²) in [7, 11) is 1.60. The zero-order chi connectivity index (χ0) is 17.5. The summed E-state index contributed by atoms with van der Waals surface area (Å²) in [6, 6.07) is 7.33. The zero-order valence-corrected chi connectivity index (χ0v) is 14.9. The molecule has 1 heterocycles. The van der Waals surface area contributed by atoms with Crippen molar-refractivity contribution in [3.8, 4) is 5.75 Å². The van der Waals surface area contributed by atoms with Gasteiger partial charge in [0.1, 0.15) is 5.75 Å². The van der Waals surface area contributed by atoms with Crippen LogP contribution in [0.2, 0.25) is 0 Å². The van der Waals surface area contributed by atoms with Gasteiger partial charge in [-0.3, -0.25) is 9.59 Å². The molecular weight excluding hydrogens is 326 g/mol. The lowest BCUT2D eigenvalue weighted by atomic mass is 10.1. The first-order valence-corrected chi connectivity index (χ1v) is 8.52. The molecule has 24 heavy (non-hydrogen) atoms. The third kappa shape index (κ3) is 5.06. The Morgan fingerprint density at radius 2 is 2.00 bits per heavy atom. The van der Waals surface area contributed by atoms with Crippen LogP contribution in [-0.4, -0.2) is 41.9 Å². The minimum atomic E-state index is -0.241. The van der Waals surface area contributed by atoms with Gasteiger partial charge in [0.15, 0.2) is 5.13 Å². The van der Waals surface area contributed by atoms with Crippen molar-refractivity contribution in [3.63, 3.8) is 0 Å². The van der Waals surface area contributed by atoms with Gasteiger partial charge < -0.3 is 15.0 Å². The van der Waals surface area contributed by atoms with E-state index in [1.807, 2.05) is 43.5 Å². The van der Waals surface area contributed by atoms with Crippen LogP contribution in [0.4, 0.5) is 5.13 Å². The highest BCUT2D eigenvalue weighted by molar-refractivity contribution is 7.13. The monoisotopic (exact) mass is 347 g/mol. The number of hydrogen-bond donors (Lipinski definition) is 1. The first-order valence-electron chi connectivity index (χ1n) is 7.64. The number of aryl methyl sites for hydroxylation is 1. The molecule has 0 aliphatic heterocycles. The number of aromatic nitrogens is 1. The van der Waals surface area contributed by atoms with Gasteiger partial charge in [0, 0.05) is 11.9 Å². The van der Waals surface area contributed by atoms with Crippen LogP contribution in [0.3, 0.4) is 0 Å². The predicted molar refractivity (Wildman–Crippen MR) is 94.4 cm³/mol. The quantitative estimate of drug-likeness (QED) is 0.835. The normalized spacial score (nSPS) is 10.3. The van der Waals surface area contributed by atoms with Gasteiger partial charge in [-0.25, -0.2) is 4.98 Å². The second-order valence-electron chi connectivity index (χ2n) is 5.27. The third-order valence-electron chi connectivity index (χ3n) is 3.45. The van der Waals surface area contributed by atoms with Crippen molar-refractivity contribution in [1.82, 2.24) is 9.88 Å². The lowest BCUT2D eigenvalue weighted by Gasteiger charge is -2.20. The van der Waals surface area contributed by atoms with Gasteiger partial charge in [0.25, 0.3) is 0 Å². The van der Waals surface area contributed by atoms with Crippen LogP contribution in [0.5, 0.6) is 5.75 Å². The highest BCUT2D eigenvalue weighted by atomic mass is 32.1. The predicted octanol–water partition coefficient (Wildman–Crippen LogP) is 2.49. The topological polar surface area (TPSA) is 71.5 Å². The fraction of sp³-hybridized carbons (Fsp3) is 0.353. The molecule has 7 heteroatoms. The minimum Gasteiger partial charge on any atom is -0.497 e. The van der Waals surface area contributed by atoms with Gasteiger partial charge in [-0.15, -0.1) is 11.3 Å². The highest BCUT2D eigenvalue weighted by Crippen LogP contribution is 2.15. The van der Waals surface area contributed by atoms with E-state index in [1.165, 1.54) is 16.2 Å². The van der Waals surface area contributed by atoms with Crippen molar-refractivity contribution in [2.75, 3.05) is 25.5 Å². The van der Waals surface area contributed by atoms with Crippen LogP contribution in [-0.2, 0) is 16.0 Å². The number of methoxy groups -OCH3 is 1. The Morgan fingerprint density at radius 1 is 1.29 bits per heavy atom. The van der Waals surface area contributed by atoms with E-state index in [2.05, 4.69) is 10.3 Å². The Morgan fingerprint density at radius 3 is 2.54 bits per heavy atom. The number of nitrogens with one attached hydrogen (secondary N) is 1. The third-order valence-corrected chi connectivity index (χ3v) is 4.32. The Bertz CT molecular complexity index is 697. The molecule has 2 aromatic rings. The molecule has 0 fully saturated rings. The van der Waals surface area contributed by atoms with E-state index in [0.29, 0.717) is 11.7 Å². The molecule has 6 nitrogen and oxygen atoms in total. The molecule has 0 saturated heterocycles. The SMILES string of the molecule is CCN(CC(=O)Nc1nc(C)cs1)C(=O)Cc1ccc(OC)cc1. The van der Waals surface area contributed by atoms with Crippen molar-refractivity contribution in [2.24, 2.45) is 0 Å². The number of carbonyl (C=O) groups excluding carboxylic acids is 2. The first kappa shape index (κ1) is 17.9. The van der Waals surface area contributed by atoms with E-state index < -0.39 is 0 Å². The molecule has 0 saturated carbocycles. The molecule has 128 valence electrons. The fourth-order valence-electron chi connectivity index (χ4n) is 2.15. The van der Waals surface area contributed by atoms with E-state index in [0.717, 1.165) is 17.0 Å². The molecule has 1 aromatic heterocycles. The number of anilines is 1. The van der Waals surface area contributed by atoms with Crippen molar-refractivity contribution in [3.05, 3.63) is 40.9 Å². The van der Waals surface area contributed by atoms with Crippen LogP contribution >= 0.6 is 11.3 Å². The lowest BCUT2D eigenvalue weighted by Crippen LogP contribution is -2.38. The summed E-state index contributed by atoms with van der Waals surface area (Å²) < 4.78 is 5.10. The van der Waals surface area contributed by atoms with Gasteiger partial charge in [-0.05, 0) is 31.5 Å². The van der Waals surface area contributed by atoms with Crippen LogP contribution < -0.4 is 10.1 Å². The maximum atomic E-state index is 12.4. The number of likely N-dealkylation sites (N-methyl/N-ethyl adjacent to an activating group) is 1. The number of carbonyl (C=O) groups is 2. The molecule has 0 unspecified atom stereocenters. The average Bonchev–Trinajstić information content (AvgIpc) is 2.98. The van der Waals surface area contributed by atoms with Crippen LogP contribution in [0.15, 0.2) is 29.6 Å². The molecule has 0 atom stereocenters. The van der Waals surface area contributed by atoms with Gasteiger partial charge in [-0.2, -0.15) is 0 Å². The van der Waals surface area contributed by atoms with E-state index in [1.54, 1.807) is 7.11 Å². The smallest absolute Gasteiger partial charge is 0.245 e. The molecular formula is C17H21N3O3S. The van der Waals surface area contributed by atoms with E-state index >= 15 is 0 Å². The van der Waals surface area contributed by atoms with Crippen LogP contribution in [0.25, 0.3) is 0 Å². The summed E-state index contributed by atoms with van der Waals surface area (Å²) in [5, 5.41) is 5.13. The van der Waals surface area contributed by atoms with E-state index in [9.17, 15) is 9.59 Å². The van der Waals surface area contributed by atoms with Gasteiger partial charge in [-0.1, -0.05) is 12.1 Å². The van der Waals surface area contributed by atoms with Crippen molar-refractivity contribution in [1.29, 1.82) is 0 Å². The largest absolute Gasteiger partial charge is 0.497 e. The van der Waals surface area contributed by atoms with Crippen molar-refractivity contribution >= 4 is 28.3 Å². The van der Waals surface area contributed by atoms with E-state index in [-0.39, 0.29) is 24.8 Å². The number of ether oxygens (including phenoxy) is 1. The summed E-state index contributed by atoms with van der Waals surface area (Å²) in [5.74, 6) is 0.416. The van der Waals surface area contributed by atoms with Gasteiger partial charge in [0.2, 0.25) is 11.8 Å². The second-order valence-corrected chi connectivity index (χ2v) is 6.13. The molecule has 0 bridgehead atoms. The lowest BCUT2D eigenvalue weighted by molar-refractivity contribution is -0.133. The Labute approximate surface area is 145 Å². The molecule has 0 aliphatic rings. The number of hydrogen-bond acceptors (Lipinski definition) is 5. The summed E-state index contributed by atoms with van der Waals surface area (Å²) in [5.41, 5.74) is 1.74. The summed E-state index contributed by atoms with van der Waals surface area (Å²) in [4.78, 5) is 30.2. The summed E-state index contributed by atoms with van der Waals surface area (Å²) >= 11 is 1.37. The molecule has 0 aliphatic carbocycles. The number of benzene rings is 1. The Balaban J connectivity index is 1.91. The number of thiazole rings is 1. The Kier molecular flexibility index (Phi) is 6.31. The van der Waals surface area contributed by atoms with Crippen LogP contribution in [0, 0.1) is 6.92 Å². The molecule has 1 aromatic carbocycles. The number of rotatable bonds is 7. The Hall–Kier alpha value is -2.41. The molecule has 0 spiro atoms. The standard InChI is InChI=1S/C17H21N3O3S/c1-4-20(10-15(21)19-17-18-12(2)11-24-17)16(22)9-13-5-7-14(23-3)8-6-13/h5-8,11H,4,9-10H2,1-3H3,(H,18,19,21). The fourth-order valence-corrected chi connectivity index (χ4v) is 2.85. The van der Waals surface area contributed by atoms with Crippen molar-refractivity contribution < 1.29 is 14.3 Å². The zero-order valence-electron chi connectivity index (χ0n) is 14.0. The summed E-state index contributed by atoms with van der Waals surface area (Å²) in [6.45, 7) is 4.21. The molecule has 1 N–H and O–H groups in total. The van der Waals surface area contributed by atoms with Crippen molar-refractivity contribution in [2.45, 2.75) is 20.3 Å². The highest BCUT2D eigenvalue weighted by Gasteiger charge is 2.16. The second kappa shape index (κ2) is 8.44. The minimum absolute atomic E-state index is 0.0180. The molecule has 0 radical (unpaired) electrons. The van der Waals surface area contributed by atoms with Gasteiger partial charge >= 0.3 is 0 Å². The maximum absolute atomic E-state index is 12.4. The number of amides is 2. The average molecular weight is 347 g/mol. The molecule has 2 rings (SSSR count). The first-order chi connectivity index (χ1) is 11.5. The van der Waals surface area contributed by atoms with Crippen LogP contribution in [0.1, 0.15) is 18.2 Å². The van der Waals surface area contributed by atoms with Gasteiger partial charge in [0.05, 0.1) is 25.8 Å². The maximum Gasteiger partial charge on any atom is 0.245 e. The molecule has 2 amide bonds. The van der Waals surface area contributed by atoms with E-state index in [4.69, 9.17) is 4.74 Å².